The third kappa shape index (κ3) is 16.1. The van der Waals surface area contributed by atoms with Gasteiger partial charge in [-0.3, -0.25) is 0 Å². The number of hydrogen-bond donors (Lipinski definition) is 0. The Morgan fingerprint density at radius 2 is 0.855 bits per heavy atom. The molecular weight excluding hydrogens is 1120 g/mol. The molecule has 0 spiro atoms. The quantitative estimate of drug-likeness (QED) is 0.0668. The van der Waals surface area contributed by atoms with Crippen LogP contribution in [0, 0.1) is 6.07 Å². The second-order valence-electron chi connectivity index (χ2n) is 25.4. The van der Waals surface area contributed by atoms with E-state index < -0.39 is 53.1 Å². The molecule has 1 aliphatic heterocycles. The second kappa shape index (κ2) is 27.5. The monoisotopic (exact) mass is 1210 g/mol. The average Bonchev–Trinajstić information content (AvgIpc) is 4.10. The molecule has 9 rings (SSSR count). The van der Waals surface area contributed by atoms with Gasteiger partial charge >= 0.3 is 37.9 Å². The smallest absolute Gasteiger partial charge is 0.0920 e. The Hall–Kier alpha value is -2.91. The van der Waals surface area contributed by atoms with Crippen molar-refractivity contribution in [1.82, 2.24) is 0 Å². The third-order valence-corrected chi connectivity index (χ3v) is 24.4. The minimum absolute atomic E-state index is 0.795. The van der Waals surface area contributed by atoms with Crippen molar-refractivity contribution < 1.29 is 20.8 Å². The topological polar surface area (TPSA) is 0 Å². The number of fused-ring (bicyclic) bond motifs is 5. The van der Waals surface area contributed by atoms with Crippen LogP contribution in [0.25, 0.3) is 54.9 Å². The molecule has 0 fully saturated rings. The van der Waals surface area contributed by atoms with Gasteiger partial charge < -0.3 is 0 Å². The molecule has 0 aromatic heterocycles. The summed E-state index contributed by atoms with van der Waals surface area (Å²) in [5.41, 5.74) is 14.8. The van der Waals surface area contributed by atoms with Gasteiger partial charge in [0, 0.05) is 0 Å². The Morgan fingerprint density at radius 3 is 1.24 bits per heavy atom. The van der Waals surface area contributed by atoms with Gasteiger partial charge in [-0.2, -0.15) is 41.6 Å². The molecule has 402 valence electrons. The standard InChI is InChI=1S/2C28H41Si2.C12H7Si.2ClH.Zr/c2*1-9-11-13-21-16-23-15-14-22(12-10-2)28(27(23)17-21)24-18-25(29(3,4)5)20-26(19-24)30(6,7)8;1-3-7-11-9(5-1)10-6-2-4-8-12(10)13-11;;;/h2*14-20H,9-13H2,1-8H3;1-7H;2*1H;/q3*-1;;;+2/p-2. The molecule has 0 nitrogen and oxygen atoms in total. The summed E-state index contributed by atoms with van der Waals surface area (Å²) in [7, 11) is 5.06. The van der Waals surface area contributed by atoms with E-state index in [-0.39, 0.29) is 0 Å². The zero-order valence-electron chi connectivity index (χ0n) is 49.5. The number of hydrogen-bond acceptors (Lipinski definition) is 0. The van der Waals surface area contributed by atoms with Crippen LogP contribution in [0.1, 0.15) is 88.5 Å². The number of benzene rings is 6. The number of unbranched alkanes of at least 4 members (excludes halogenated alkanes) is 2. The summed E-state index contributed by atoms with van der Waals surface area (Å²) in [5, 5.41) is 15.0. The van der Waals surface area contributed by atoms with Crippen LogP contribution < -0.4 is 31.1 Å². The summed E-state index contributed by atoms with van der Waals surface area (Å²) >= 11 is -0.826. The van der Waals surface area contributed by atoms with Crippen LogP contribution in [0.3, 0.4) is 0 Å². The third-order valence-electron chi connectivity index (χ3n) is 15.0. The molecule has 0 amide bonds. The minimum Gasteiger partial charge on any atom is -0.184 e. The first-order chi connectivity index (χ1) is 35.9. The van der Waals surface area contributed by atoms with Crippen molar-refractivity contribution in [2.75, 3.05) is 0 Å². The second-order valence-corrected chi connectivity index (χ2v) is 50.8. The molecule has 8 aromatic carbocycles. The van der Waals surface area contributed by atoms with Crippen molar-refractivity contribution in [2.24, 2.45) is 0 Å². The van der Waals surface area contributed by atoms with Crippen molar-refractivity contribution in [3.05, 3.63) is 156 Å². The molecule has 8 aromatic rings. The molecule has 76 heavy (non-hydrogen) atoms. The van der Waals surface area contributed by atoms with E-state index >= 15 is 0 Å². The fraction of sp³-hybridized carbons (Fsp3) is 0.382. The van der Waals surface area contributed by atoms with Crippen molar-refractivity contribution in [1.29, 1.82) is 0 Å². The molecule has 2 radical (unpaired) electrons. The molecule has 0 bridgehead atoms. The molecular formula is C68H89Cl2Si5Zr-3. The molecule has 0 atom stereocenters. The molecule has 1 heterocycles. The first-order valence-corrected chi connectivity index (χ1v) is 49.9. The van der Waals surface area contributed by atoms with Crippen LogP contribution in [0.2, 0.25) is 78.6 Å². The summed E-state index contributed by atoms with van der Waals surface area (Å²) in [6.07, 6.45) is 12.1. The number of halogens is 2. The first-order valence-electron chi connectivity index (χ1n) is 28.5. The largest absolute Gasteiger partial charge is 0.184 e. The van der Waals surface area contributed by atoms with E-state index in [1.165, 1.54) is 139 Å². The Bertz CT molecular complexity index is 2890. The van der Waals surface area contributed by atoms with Crippen LogP contribution in [0.15, 0.2) is 127 Å². The van der Waals surface area contributed by atoms with E-state index in [1.54, 1.807) is 20.7 Å². The summed E-state index contributed by atoms with van der Waals surface area (Å²) in [6.45, 7) is 39.0. The van der Waals surface area contributed by atoms with E-state index in [0.29, 0.717) is 0 Å². The van der Waals surface area contributed by atoms with E-state index in [4.69, 9.17) is 17.0 Å². The molecule has 0 N–H and O–H groups in total. The van der Waals surface area contributed by atoms with Crippen molar-refractivity contribution in [2.45, 2.75) is 170 Å². The Labute approximate surface area is 487 Å². The fourth-order valence-electron chi connectivity index (χ4n) is 10.5. The molecule has 8 heteroatoms. The van der Waals surface area contributed by atoms with E-state index in [1.807, 2.05) is 6.07 Å². The first kappa shape index (κ1) is 62.3. The van der Waals surface area contributed by atoms with Gasteiger partial charge in [-0.25, -0.2) is 0 Å². The van der Waals surface area contributed by atoms with Crippen molar-refractivity contribution >= 4 is 112 Å². The molecule has 0 unspecified atom stereocenters. The van der Waals surface area contributed by atoms with Crippen LogP contribution in [0.4, 0.5) is 0 Å². The summed E-state index contributed by atoms with van der Waals surface area (Å²) < 4.78 is 0. The van der Waals surface area contributed by atoms with Gasteiger partial charge in [-0.05, 0) is 36.8 Å². The SMILES string of the molecule is CCCCc1cc2c(-c3cc([Si](C)(C)C)cc([Si](C)(C)C)c3)c(CCC)ccc2[cH-]1.CCCCc1cc2c(-c3cc([Si](C)(C)C)cc([Si](C)(C)C)c3)c(CCC)ccc2[cH-]1.[Cl][Zr][Cl].[c-]1cccc2c1[Si]c1ccccc1-2. The van der Waals surface area contributed by atoms with Gasteiger partial charge in [0.05, 0.1) is 41.8 Å². The molecule has 0 saturated heterocycles. The van der Waals surface area contributed by atoms with Gasteiger partial charge in [-0.15, -0.1) is 74.6 Å². The number of aryl methyl sites for hydroxylation is 4. The zero-order chi connectivity index (χ0) is 55.6. The zero-order valence-corrected chi connectivity index (χ0v) is 58.4. The van der Waals surface area contributed by atoms with Crippen molar-refractivity contribution in [3.63, 3.8) is 0 Å². The molecule has 0 saturated carbocycles. The van der Waals surface area contributed by atoms with Crippen LogP contribution in [-0.4, -0.2) is 41.8 Å². The van der Waals surface area contributed by atoms with Gasteiger partial charge in [0.2, 0.25) is 0 Å². The number of rotatable bonds is 16. The Kier molecular flexibility index (Phi) is 22.5. The van der Waals surface area contributed by atoms with Crippen LogP contribution in [-0.2, 0) is 46.5 Å². The van der Waals surface area contributed by atoms with Gasteiger partial charge in [0.15, 0.2) is 0 Å². The normalized spacial score (nSPS) is 12.3. The van der Waals surface area contributed by atoms with E-state index in [0.717, 1.165) is 22.4 Å². The Morgan fingerprint density at radius 1 is 0.461 bits per heavy atom. The molecule has 1 aliphatic rings. The van der Waals surface area contributed by atoms with Crippen LogP contribution >= 0.6 is 17.0 Å². The Balaban J connectivity index is 0.000000192. The van der Waals surface area contributed by atoms with Gasteiger partial charge in [-0.1, -0.05) is 259 Å². The van der Waals surface area contributed by atoms with Crippen molar-refractivity contribution in [3.8, 4) is 33.4 Å². The average molecular weight is 1210 g/mol. The summed E-state index contributed by atoms with van der Waals surface area (Å²) in [6, 6.07) is 52.8. The summed E-state index contributed by atoms with van der Waals surface area (Å²) in [4.78, 5) is 0. The fourth-order valence-corrected chi connectivity index (χ4v) is 16.8. The molecule has 0 aliphatic carbocycles. The summed E-state index contributed by atoms with van der Waals surface area (Å²) in [5.74, 6) is 0. The van der Waals surface area contributed by atoms with Gasteiger partial charge in [0.1, 0.15) is 0 Å². The predicted octanol–water partition coefficient (Wildman–Crippen LogP) is 17.7. The maximum Gasteiger partial charge on any atom is 0.0920 e. The van der Waals surface area contributed by atoms with Crippen LogP contribution in [0.5, 0.6) is 0 Å². The van der Waals surface area contributed by atoms with E-state index in [2.05, 4.69) is 234 Å². The predicted molar refractivity (Wildman–Crippen MR) is 355 cm³/mol. The van der Waals surface area contributed by atoms with Gasteiger partial charge in [0.25, 0.3) is 0 Å². The minimum atomic E-state index is -1.40. The maximum absolute atomic E-state index is 4.93. The van der Waals surface area contributed by atoms with E-state index in [9.17, 15) is 0 Å². The maximum atomic E-state index is 4.93.